The fourth-order valence-electron chi connectivity index (χ4n) is 4.13. The Bertz CT molecular complexity index is 1010. The first-order chi connectivity index (χ1) is 14.3. The molecule has 0 aliphatic carbocycles. The van der Waals surface area contributed by atoms with Crippen LogP contribution in [0.1, 0.15) is 13.8 Å². The number of amides is 2. The first-order valence-corrected chi connectivity index (χ1v) is 11.7. The molecule has 2 unspecified atom stereocenters. The molecule has 30 heavy (non-hydrogen) atoms. The van der Waals surface area contributed by atoms with Crippen LogP contribution in [0.2, 0.25) is 0 Å². The smallest absolute Gasteiger partial charge is 0.321 e. The Labute approximate surface area is 177 Å². The summed E-state index contributed by atoms with van der Waals surface area (Å²) in [6.45, 7) is 5.75. The summed E-state index contributed by atoms with van der Waals surface area (Å²) in [5.74, 6) is 0. The molecule has 2 aliphatic heterocycles. The monoisotopic (exact) mass is 432 g/mol. The zero-order valence-corrected chi connectivity index (χ0v) is 18.1. The standard InChI is InChI=1S/C21H28N4O4S/c1-16-14-25(15-17(2)29-16)30(27,28)24-12-10-23(11-13-24)21(26)22-20-9-5-7-18-6-3-4-8-19(18)20/h3-9,16-17H,10-15H2,1-2H3,(H,22,26). The SMILES string of the molecule is CC1CN(S(=O)(=O)N2CCN(C(=O)Nc3cccc4ccccc34)CC2)CC(C)O1. The summed E-state index contributed by atoms with van der Waals surface area (Å²) < 4.78 is 34.7. The number of hydrogen-bond donors (Lipinski definition) is 1. The number of hydrogen-bond acceptors (Lipinski definition) is 4. The number of ether oxygens (including phenoxy) is 1. The van der Waals surface area contributed by atoms with Gasteiger partial charge in [-0.3, -0.25) is 0 Å². The van der Waals surface area contributed by atoms with Gasteiger partial charge in [0.05, 0.1) is 17.9 Å². The number of nitrogens with one attached hydrogen (secondary N) is 1. The Morgan fingerprint density at radius 2 is 1.57 bits per heavy atom. The van der Waals surface area contributed by atoms with E-state index in [0.717, 1.165) is 16.5 Å². The summed E-state index contributed by atoms with van der Waals surface area (Å²) in [5.41, 5.74) is 0.754. The summed E-state index contributed by atoms with van der Waals surface area (Å²) in [5, 5.41) is 5.01. The van der Waals surface area contributed by atoms with Gasteiger partial charge in [-0.15, -0.1) is 0 Å². The van der Waals surface area contributed by atoms with Gasteiger partial charge in [-0.1, -0.05) is 36.4 Å². The number of anilines is 1. The Kier molecular flexibility index (Phi) is 5.97. The molecule has 2 aromatic carbocycles. The van der Waals surface area contributed by atoms with Crippen LogP contribution in [0.4, 0.5) is 10.5 Å². The van der Waals surface area contributed by atoms with E-state index in [0.29, 0.717) is 26.2 Å². The molecule has 2 aliphatic rings. The van der Waals surface area contributed by atoms with E-state index in [1.165, 1.54) is 8.61 Å². The number of carbonyl (C=O) groups is 1. The molecule has 8 nitrogen and oxygen atoms in total. The second-order valence-electron chi connectivity index (χ2n) is 7.93. The molecule has 2 heterocycles. The van der Waals surface area contributed by atoms with Crippen molar-refractivity contribution < 1.29 is 17.9 Å². The second-order valence-corrected chi connectivity index (χ2v) is 9.85. The maximum atomic E-state index is 13.0. The van der Waals surface area contributed by atoms with Crippen molar-refractivity contribution in [3.63, 3.8) is 0 Å². The van der Waals surface area contributed by atoms with Crippen molar-refractivity contribution in [1.29, 1.82) is 0 Å². The summed E-state index contributed by atoms with van der Waals surface area (Å²) in [7, 11) is -3.56. The Hall–Kier alpha value is -2.20. The minimum Gasteiger partial charge on any atom is -0.373 e. The lowest BCUT2D eigenvalue weighted by Gasteiger charge is -2.40. The molecule has 2 atom stereocenters. The third-order valence-corrected chi connectivity index (χ3v) is 7.56. The first kappa shape index (κ1) is 21.0. The number of piperazine rings is 1. The van der Waals surface area contributed by atoms with E-state index in [4.69, 9.17) is 4.74 Å². The molecule has 2 fully saturated rings. The van der Waals surface area contributed by atoms with Crippen molar-refractivity contribution in [2.75, 3.05) is 44.6 Å². The highest BCUT2D eigenvalue weighted by Crippen LogP contribution is 2.24. The number of nitrogens with zero attached hydrogens (tertiary/aromatic N) is 3. The van der Waals surface area contributed by atoms with Crippen LogP contribution in [0.3, 0.4) is 0 Å². The largest absolute Gasteiger partial charge is 0.373 e. The van der Waals surface area contributed by atoms with Gasteiger partial charge in [0.25, 0.3) is 10.2 Å². The third kappa shape index (κ3) is 4.29. The molecule has 0 saturated carbocycles. The summed E-state index contributed by atoms with van der Waals surface area (Å²) in [6.07, 6.45) is -0.257. The molecule has 2 amide bonds. The molecule has 0 radical (unpaired) electrons. The predicted octanol–water partition coefficient (Wildman–Crippen LogP) is 2.34. The lowest BCUT2D eigenvalue weighted by molar-refractivity contribution is -0.0456. The number of urea groups is 1. The molecule has 1 N–H and O–H groups in total. The number of carbonyl (C=O) groups excluding carboxylic acids is 1. The van der Waals surface area contributed by atoms with Crippen LogP contribution >= 0.6 is 0 Å². The van der Waals surface area contributed by atoms with Crippen molar-refractivity contribution in [3.05, 3.63) is 42.5 Å². The number of benzene rings is 2. The Balaban J connectivity index is 1.38. The minimum atomic E-state index is -3.56. The van der Waals surface area contributed by atoms with Crippen molar-refractivity contribution in [1.82, 2.24) is 13.5 Å². The fraction of sp³-hybridized carbons (Fsp3) is 0.476. The Morgan fingerprint density at radius 1 is 0.933 bits per heavy atom. The lowest BCUT2D eigenvalue weighted by atomic mass is 10.1. The van der Waals surface area contributed by atoms with Crippen LogP contribution in [0, 0.1) is 0 Å². The molecule has 2 aromatic rings. The second kappa shape index (κ2) is 8.50. The number of rotatable bonds is 3. The highest BCUT2D eigenvalue weighted by molar-refractivity contribution is 7.86. The van der Waals surface area contributed by atoms with Crippen molar-refractivity contribution in [3.8, 4) is 0 Å². The molecular weight excluding hydrogens is 404 g/mol. The van der Waals surface area contributed by atoms with Crippen LogP contribution in [-0.2, 0) is 14.9 Å². The van der Waals surface area contributed by atoms with Gasteiger partial charge < -0.3 is 15.0 Å². The van der Waals surface area contributed by atoms with E-state index in [9.17, 15) is 13.2 Å². The highest BCUT2D eigenvalue weighted by Gasteiger charge is 2.37. The average molecular weight is 433 g/mol. The van der Waals surface area contributed by atoms with Gasteiger partial charge in [-0.05, 0) is 25.3 Å². The molecule has 0 spiro atoms. The van der Waals surface area contributed by atoms with E-state index in [-0.39, 0.29) is 31.3 Å². The molecular formula is C21H28N4O4S. The van der Waals surface area contributed by atoms with Crippen molar-refractivity contribution >= 4 is 32.7 Å². The molecule has 0 aromatic heterocycles. The lowest BCUT2D eigenvalue weighted by Crippen LogP contribution is -2.58. The third-order valence-electron chi connectivity index (χ3n) is 5.60. The van der Waals surface area contributed by atoms with Gasteiger partial charge in [-0.25, -0.2) is 4.79 Å². The Morgan fingerprint density at radius 3 is 2.27 bits per heavy atom. The van der Waals surface area contributed by atoms with E-state index in [2.05, 4.69) is 5.32 Å². The van der Waals surface area contributed by atoms with E-state index in [1.54, 1.807) is 4.90 Å². The molecule has 0 bridgehead atoms. The normalized spacial score (nSPS) is 24.1. The van der Waals surface area contributed by atoms with Gasteiger partial charge in [0.2, 0.25) is 0 Å². The van der Waals surface area contributed by atoms with E-state index >= 15 is 0 Å². The quantitative estimate of drug-likeness (QED) is 0.807. The summed E-state index contributed by atoms with van der Waals surface area (Å²) in [6, 6.07) is 13.5. The average Bonchev–Trinajstić information content (AvgIpc) is 2.73. The van der Waals surface area contributed by atoms with Crippen molar-refractivity contribution in [2.24, 2.45) is 0 Å². The maximum Gasteiger partial charge on any atom is 0.321 e. The maximum absolute atomic E-state index is 13.0. The number of fused-ring (bicyclic) bond motifs is 1. The van der Waals surface area contributed by atoms with Crippen molar-refractivity contribution in [2.45, 2.75) is 26.1 Å². The van der Waals surface area contributed by atoms with Gasteiger partial charge in [-0.2, -0.15) is 17.0 Å². The van der Waals surface area contributed by atoms with Crippen LogP contribution in [0.25, 0.3) is 10.8 Å². The van der Waals surface area contributed by atoms with Gasteiger partial charge in [0.15, 0.2) is 0 Å². The van der Waals surface area contributed by atoms with Crippen LogP contribution in [-0.4, -0.2) is 79.4 Å². The van der Waals surface area contributed by atoms with Gasteiger partial charge in [0.1, 0.15) is 0 Å². The van der Waals surface area contributed by atoms with Crippen LogP contribution < -0.4 is 5.32 Å². The van der Waals surface area contributed by atoms with Gasteiger partial charge >= 0.3 is 6.03 Å². The number of morpholine rings is 1. The van der Waals surface area contributed by atoms with Gasteiger partial charge in [0, 0.05) is 44.7 Å². The fourth-order valence-corrected chi connectivity index (χ4v) is 5.88. The van der Waals surface area contributed by atoms with Crippen LogP contribution in [0.5, 0.6) is 0 Å². The first-order valence-electron chi connectivity index (χ1n) is 10.3. The molecule has 2 saturated heterocycles. The highest BCUT2D eigenvalue weighted by atomic mass is 32.2. The molecule has 162 valence electrons. The summed E-state index contributed by atoms with van der Waals surface area (Å²) in [4.78, 5) is 14.4. The van der Waals surface area contributed by atoms with E-state index < -0.39 is 10.2 Å². The van der Waals surface area contributed by atoms with Crippen LogP contribution in [0.15, 0.2) is 42.5 Å². The predicted molar refractivity (Wildman–Crippen MR) is 117 cm³/mol. The topological polar surface area (TPSA) is 82.2 Å². The molecule has 4 rings (SSSR count). The minimum absolute atomic E-state index is 0.128. The zero-order chi connectivity index (χ0) is 21.3. The van der Waals surface area contributed by atoms with E-state index in [1.807, 2.05) is 56.3 Å². The zero-order valence-electron chi connectivity index (χ0n) is 17.3. The molecule has 9 heteroatoms. The summed E-state index contributed by atoms with van der Waals surface area (Å²) >= 11 is 0.